The first-order chi connectivity index (χ1) is 8.70. The molecule has 1 saturated carbocycles. The normalized spacial score (nSPS) is 13.9. The Morgan fingerprint density at radius 1 is 1.61 bits per heavy atom. The predicted molar refractivity (Wildman–Crippen MR) is 66.1 cm³/mol. The largest absolute Gasteiger partial charge is 0.364 e. The summed E-state index contributed by atoms with van der Waals surface area (Å²) in [6, 6.07) is 3.09. The van der Waals surface area contributed by atoms with Crippen molar-refractivity contribution in [2.24, 2.45) is 5.92 Å². The van der Waals surface area contributed by atoms with Crippen molar-refractivity contribution in [3.63, 3.8) is 0 Å². The fraction of sp³-hybridized carbons (Fsp3) is 0.500. The van der Waals surface area contributed by atoms with Gasteiger partial charge in [-0.25, -0.2) is 4.98 Å². The molecule has 0 aliphatic heterocycles. The predicted octanol–water partition coefficient (Wildman–Crippen LogP) is 2.46. The summed E-state index contributed by atoms with van der Waals surface area (Å²) in [5.74, 6) is 1.10. The number of rotatable bonds is 6. The smallest absolute Gasteiger partial charge is 0.312 e. The lowest BCUT2D eigenvalue weighted by Gasteiger charge is -2.05. The van der Waals surface area contributed by atoms with E-state index in [1.165, 1.54) is 25.1 Å². The van der Waals surface area contributed by atoms with Gasteiger partial charge in [-0.2, -0.15) is 5.26 Å². The molecule has 0 saturated heterocycles. The Morgan fingerprint density at radius 2 is 2.39 bits per heavy atom. The Balaban J connectivity index is 1.97. The summed E-state index contributed by atoms with van der Waals surface area (Å²) in [7, 11) is 0. The number of nitrogens with zero attached hydrogens (tertiary/aromatic N) is 3. The van der Waals surface area contributed by atoms with Crippen LogP contribution in [0, 0.1) is 27.4 Å². The van der Waals surface area contributed by atoms with Crippen molar-refractivity contribution in [1.82, 2.24) is 4.98 Å². The summed E-state index contributed by atoms with van der Waals surface area (Å²) >= 11 is 0. The van der Waals surface area contributed by atoms with Crippen molar-refractivity contribution in [2.75, 3.05) is 11.9 Å². The number of pyridine rings is 1. The summed E-state index contributed by atoms with van der Waals surface area (Å²) in [5.41, 5.74) is 0.0608. The number of nitrogens with one attached hydrogen (secondary N) is 1. The summed E-state index contributed by atoms with van der Waals surface area (Å²) < 4.78 is 0. The molecule has 0 atom stereocenters. The van der Waals surface area contributed by atoms with E-state index in [9.17, 15) is 10.1 Å². The molecule has 1 heterocycles. The number of nitriles is 1. The van der Waals surface area contributed by atoms with Crippen LogP contribution in [0.15, 0.2) is 12.3 Å². The number of anilines is 1. The quantitative estimate of drug-likeness (QED) is 0.473. The lowest BCUT2D eigenvalue weighted by molar-refractivity contribution is -0.384. The van der Waals surface area contributed by atoms with E-state index >= 15 is 0 Å². The van der Waals surface area contributed by atoms with Crippen molar-refractivity contribution in [3.8, 4) is 6.07 Å². The molecule has 1 fully saturated rings. The zero-order valence-electron chi connectivity index (χ0n) is 9.93. The molecule has 1 aliphatic rings. The lowest BCUT2D eigenvalue weighted by Crippen LogP contribution is -2.06. The van der Waals surface area contributed by atoms with Crippen LogP contribution in [-0.2, 0) is 0 Å². The third-order valence-corrected chi connectivity index (χ3v) is 2.97. The molecule has 0 unspecified atom stereocenters. The molecule has 6 heteroatoms. The maximum Gasteiger partial charge on any atom is 0.312 e. The molecule has 6 nitrogen and oxygen atoms in total. The second-order valence-corrected chi connectivity index (χ2v) is 4.47. The average molecular weight is 246 g/mol. The first-order valence-corrected chi connectivity index (χ1v) is 5.99. The molecule has 0 amide bonds. The molecule has 0 radical (unpaired) electrons. The Bertz CT molecular complexity index is 491. The summed E-state index contributed by atoms with van der Waals surface area (Å²) in [5, 5.41) is 22.5. The van der Waals surface area contributed by atoms with Gasteiger partial charge in [0.1, 0.15) is 6.07 Å². The summed E-state index contributed by atoms with van der Waals surface area (Å²) in [6.45, 7) is 0.677. The fourth-order valence-corrected chi connectivity index (χ4v) is 1.79. The van der Waals surface area contributed by atoms with Crippen LogP contribution in [0.2, 0.25) is 0 Å². The number of aromatic nitrogens is 1. The molecule has 2 rings (SSSR count). The van der Waals surface area contributed by atoms with E-state index in [1.807, 2.05) is 6.07 Å². The molecule has 1 aromatic heterocycles. The van der Waals surface area contributed by atoms with Gasteiger partial charge >= 0.3 is 5.69 Å². The van der Waals surface area contributed by atoms with Gasteiger partial charge in [-0.1, -0.05) is 12.8 Å². The third-order valence-electron chi connectivity index (χ3n) is 2.97. The van der Waals surface area contributed by atoms with E-state index in [-0.39, 0.29) is 17.1 Å². The zero-order valence-corrected chi connectivity index (χ0v) is 9.93. The van der Waals surface area contributed by atoms with Gasteiger partial charge in [0, 0.05) is 18.8 Å². The molecule has 0 bridgehead atoms. The average Bonchev–Trinajstić information content (AvgIpc) is 3.18. The van der Waals surface area contributed by atoms with Crippen molar-refractivity contribution in [2.45, 2.75) is 25.7 Å². The maximum atomic E-state index is 10.9. The van der Waals surface area contributed by atoms with E-state index in [1.54, 1.807) is 0 Å². The van der Waals surface area contributed by atoms with Crippen molar-refractivity contribution in [3.05, 3.63) is 27.9 Å². The van der Waals surface area contributed by atoms with Crippen molar-refractivity contribution < 1.29 is 4.92 Å². The minimum atomic E-state index is -0.517. The Labute approximate surface area is 105 Å². The molecule has 1 aliphatic carbocycles. The summed E-state index contributed by atoms with van der Waals surface area (Å²) in [6.07, 6.45) is 6.13. The van der Waals surface area contributed by atoms with Gasteiger partial charge in [0.25, 0.3) is 0 Å². The molecular formula is C12H14N4O2. The molecule has 0 spiro atoms. The minimum absolute atomic E-state index is 0.138. The number of hydrogen-bond acceptors (Lipinski definition) is 5. The highest BCUT2D eigenvalue weighted by atomic mass is 16.6. The number of hydrogen-bond donors (Lipinski definition) is 1. The van der Waals surface area contributed by atoms with Gasteiger partial charge in [0.15, 0.2) is 0 Å². The molecule has 1 aromatic rings. The van der Waals surface area contributed by atoms with Crippen LogP contribution < -0.4 is 5.32 Å². The van der Waals surface area contributed by atoms with Crippen LogP contribution in [-0.4, -0.2) is 16.5 Å². The van der Waals surface area contributed by atoms with Crippen LogP contribution in [0.4, 0.5) is 11.5 Å². The zero-order chi connectivity index (χ0) is 13.0. The standard InChI is InChI=1S/C12H14N4O2/c13-7-10-6-11(16(17)18)12(15-8-10)14-5-1-2-9-3-4-9/h6,8-9H,1-5H2,(H,14,15). The Hall–Kier alpha value is -2.16. The first-order valence-electron chi connectivity index (χ1n) is 5.99. The van der Waals surface area contributed by atoms with Crippen LogP contribution in [0.5, 0.6) is 0 Å². The van der Waals surface area contributed by atoms with Crippen LogP contribution >= 0.6 is 0 Å². The SMILES string of the molecule is N#Cc1cnc(NCCCC2CC2)c([N+](=O)[O-])c1. The topological polar surface area (TPSA) is 91.8 Å². The molecule has 0 aromatic carbocycles. The Morgan fingerprint density at radius 3 is 3.00 bits per heavy atom. The third kappa shape index (κ3) is 3.17. The van der Waals surface area contributed by atoms with Gasteiger partial charge in [-0.15, -0.1) is 0 Å². The van der Waals surface area contributed by atoms with E-state index in [0.29, 0.717) is 6.54 Å². The van der Waals surface area contributed by atoms with Gasteiger partial charge in [0.2, 0.25) is 5.82 Å². The van der Waals surface area contributed by atoms with Crippen LogP contribution in [0.1, 0.15) is 31.2 Å². The summed E-state index contributed by atoms with van der Waals surface area (Å²) in [4.78, 5) is 14.3. The van der Waals surface area contributed by atoms with Gasteiger partial charge < -0.3 is 5.32 Å². The highest BCUT2D eigenvalue weighted by Crippen LogP contribution is 2.33. The van der Waals surface area contributed by atoms with E-state index < -0.39 is 4.92 Å². The molecular weight excluding hydrogens is 232 g/mol. The fourth-order valence-electron chi connectivity index (χ4n) is 1.79. The van der Waals surface area contributed by atoms with Crippen LogP contribution in [0.25, 0.3) is 0 Å². The van der Waals surface area contributed by atoms with Gasteiger partial charge in [-0.3, -0.25) is 10.1 Å². The lowest BCUT2D eigenvalue weighted by atomic mass is 10.2. The van der Waals surface area contributed by atoms with E-state index in [4.69, 9.17) is 5.26 Å². The molecule has 18 heavy (non-hydrogen) atoms. The number of nitro groups is 1. The van der Waals surface area contributed by atoms with Crippen molar-refractivity contribution >= 4 is 11.5 Å². The molecule has 1 N–H and O–H groups in total. The van der Waals surface area contributed by atoms with E-state index in [0.717, 1.165) is 18.8 Å². The Kier molecular flexibility index (Phi) is 3.72. The highest BCUT2D eigenvalue weighted by Gasteiger charge is 2.20. The maximum absolute atomic E-state index is 10.9. The monoisotopic (exact) mass is 246 g/mol. The van der Waals surface area contributed by atoms with Crippen molar-refractivity contribution in [1.29, 1.82) is 5.26 Å². The highest BCUT2D eigenvalue weighted by molar-refractivity contribution is 5.58. The minimum Gasteiger partial charge on any atom is -0.364 e. The second kappa shape index (κ2) is 5.45. The van der Waals surface area contributed by atoms with Crippen LogP contribution in [0.3, 0.4) is 0 Å². The van der Waals surface area contributed by atoms with Gasteiger partial charge in [-0.05, 0) is 18.8 Å². The van der Waals surface area contributed by atoms with E-state index in [2.05, 4.69) is 10.3 Å². The molecule has 94 valence electrons. The first kappa shape index (κ1) is 12.3. The van der Waals surface area contributed by atoms with Gasteiger partial charge in [0.05, 0.1) is 10.5 Å². The second-order valence-electron chi connectivity index (χ2n) is 4.47.